The summed E-state index contributed by atoms with van der Waals surface area (Å²) in [6, 6.07) is 5.92. The summed E-state index contributed by atoms with van der Waals surface area (Å²) in [6.45, 7) is 3.95. The Labute approximate surface area is 218 Å². The number of benzene rings is 1. The number of aromatic nitrogens is 4. The zero-order valence-electron chi connectivity index (χ0n) is 20.1. The first-order valence-electron chi connectivity index (χ1n) is 11.8. The summed E-state index contributed by atoms with van der Waals surface area (Å²) in [7, 11) is 0. The number of anilines is 2. The molecule has 0 radical (unpaired) electrons. The van der Waals surface area contributed by atoms with Crippen LogP contribution in [0.15, 0.2) is 30.5 Å². The third-order valence-corrected chi connectivity index (χ3v) is 7.40. The van der Waals surface area contributed by atoms with Crippen molar-refractivity contribution in [2.45, 2.75) is 38.2 Å². The lowest BCUT2D eigenvalue weighted by Gasteiger charge is -2.23. The van der Waals surface area contributed by atoms with Crippen LogP contribution in [-0.4, -0.2) is 49.2 Å². The van der Waals surface area contributed by atoms with E-state index in [0.717, 1.165) is 11.8 Å². The Morgan fingerprint density at radius 3 is 2.68 bits per heavy atom. The minimum atomic E-state index is -4.68. The van der Waals surface area contributed by atoms with Crippen LogP contribution < -0.4 is 10.2 Å². The third kappa shape index (κ3) is 3.98. The molecule has 198 valence electrons. The van der Waals surface area contributed by atoms with E-state index in [2.05, 4.69) is 15.3 Å². The van der Waals surface area contributed by atoms with Crippen molar-refractivity contribution in [1.29, 1.82) is 0 Å². The molecule has 2 N–H and O–H groups in total. The molecule has 4 aromatic rings. The smallest absolute Gasteiger partial charge is 0.434 e. The first-order valence-corrected chi connectivity index (χ1v) is 12.2. The maximum Gasteiger partial charge on any atom is 0.434 e. The predicted molar refractivity (Wildman–Crippen MR) is 133 cm³/mol. The molecule has 4 heterocycles. The number of nitrogens with zero attached hydrogens (tertiary/aromatic N) is 5. The minimum Gasteiger partial charge on any atom is -0.476 e. The number of carboxylic acid groups (broad SMARTS) is 1. The van der Waals surface area contributed by atoms with Gasteiger partial charge in [-0.3, -0.25) is 4.40 Å². The summed E-state index contributed by atoms with van der Waals surface area (Å²) in [4.78, 5) is 25.9. The number of fused-ring (bicyclic) bond motifs is 4. The van der Waals surface area contributed by atoms with E-state index in [9.17, 15) is 27.5 Å². The van der Waals surface area contributed by atoms with Crippen molar-refractivity contribution in [2.24, 2.45) is 5.92 Å². The molecule has 0 bridgehead atoms. The number of hydrogen-bond donors (Lipinski definition) is 2. The van der Waals surface area contributed by atoms with Crippen molar-refractivity contribution in [1.82, 2.24) is 19.4 Å². The number of imidazole rings is 1. The fourth-order valence-electron chi connectivity index (χ4n) is 5.27. The quantitative estimate of drug-likeness (QED) is 0.245. The summed E-state index contributed by atoms with van der Waals surface area (Å²) < 4.78 is 57.1. The molecule has 38 heavy (non-hydrogen) atoms. The summed E-state index contributed by atoms with van der Waals surface area (Å²) in [5.41, 5.74) is -0.699. The van der Waals surface area contributed by atoms with Crippen molar-refractivity contribution in [3.05, 3.63) is 58.1 Å². The highest BCUT2D eigenvalue weighted by atomic mass is 35.5. The van der Waals surface area contributed by atoms with Crippen molar-refractivity contribution in [2.75, 3.05) is 23.3 Å². The monoisotopic (exact) mass is 548 g/mol. The summed E-state index contributed by atoms with van der Waals surface area (Å²) in [5, 5.41) is 13.1. The summed E-state index contributed by atoms with van der Waals surface area (Å²) in [6.07, 6.45) is -3.35. The molecule has 0 spiro atoms. The number of carbonyl (C=O) groups is 1. The van der Waals surface area contributed by atoms with E-state index in [1.54, 1.807) is 24.8 Å². The fourth-order valence-corrected chi connectivity index (χ4v) is 5.41. The van der Waals surface area contributed by atoms with E-state index in [1.807, 2.05) is 6.07 Å². The molecule has 1 aromatic carbocycles. The van der Waals surface area contributed by atoms with Crippen molar-refractivity contribution < 1.29 is 27.5 Å². The molecule has 1 aliphatic carbocycles. The van der Waals surface area contributed by atoms with Gasteiger partial charge in [0.2, 0.25) is 5.95 Å². The first kappa shape index (κ1) is 24.7. The first-order chi connectivity index (χ1) is 17.8. The zero-order chi connectivity index (χ0) is 27.1. The highest BCUT2D eigenvalue weighted by Gasteiger charge is 2.62. The van der Waals surface area contributed by atoms with Crippen molar-refractivity contribution in [3.63, 3.8) is 0 Å². The lowest BCUT2D eigenvalue weighted by atomic mass is 10.0. The Hall–Kier alpha value is -3.67. The van der Waals surface area contributed by atoms with E-state index in [-0.39, 0.29) is 40.6 Å². The van der Waals surface area contributed by atoms with Crippen molar-refractivity contribution in [3.8, 4) is 0 Å². The Bertz CT molecular complexity index is 1640. The number of pyridine rings is 1. The molecular weight excluding hydrogens is 528 g/mol. The molecule has 2 aliphatic rings. The number of rotatable bonds is 5. The predicted octanol–water partition coefficient (Wildman–Crippen LogP) is 5.68. The average Bonchev–Trinajstić information content (AvgIpc) is 3.16. The van der Waals surface area contributed by atoms with Gasteiger partial charge in [-0.25, -0.2) is 24.1 Å². The van der Waals surface area contributed by atoms with E-state index in [1.165, 1.54) is 16.5 Å². The maximum absolute atomic E-state index is 14.8. The number of aromatic carboxylic acids is 1. The van der Waals surface area contributed by atoms with Gasteiger partial charge in [-0.15, -0.1) is 0 Å². The molecule has 1 aliphatic heterocycles. The zero-order valence-corrected chi connectivity index (χ0v) is 20.9. The van der Waals surface area contributed by atoms with Gasteiger partial charge in [0.25, 0.3) is 0 Å². The lowest BCUT2D eigenvalue weighted by Crippen LogP contribution is -2.28. The van der Waals surface area contributed by atoms with Crippen molar-refractivity contribution >= 4 is 45.8 Å². The van der Waals surface area contributed by atoms with E-state index in [0.29, 0.717) is 29.4 Å². The molecule has 1 saturated carbocycles. The van der Waals surface area contributed by atoms with Gasteiger partial charge in [0.05, 0.1) is 23.8 Å². The Morgan fingerprint density at radius 2 is 2.03 bits per heavy atom. The van der Waals surface area contributed by atoms with Gasteiger partial charge in [-0.1, -0.05) is 17.7 Å². The molecule has 8 nitrogen and oxygen atoms in total. The van der Waals surface area contributed by atoms with Crippen LogP contribution in [0.5, 0.6) is 0 Å². The van der Waals surface area contributed by atoms with Crippen LogP contribution in [0.3, 0.4) is 0 Å². The number of carboxylic acids is 1. The number of aryl methyl sites for hydroxylation is 1. The Kier molecular flexibility index (Phi) is 5.30. The van der Waals surface area contributed by atoms with Crippen LogP contribution in [0.4, 0.5) is 29.2 Å². The second kappa shape index (κ2) is 8.16. The van der Waals surface area contributed by atoms with E-state index >= 15 is 0 Å². The number of piperidine rings is 1. The molecule has 0 amide bonds. The Morgan fingerprint density at radius 1 is 1.26 bits per heavy atom. The molecule has 3 atom stereocenters. The fraction of sp³-hybridized carbons (Fsp3) is 0.360. The summed E-state index contributed by atoms with van der Waals surface area (Å²) >= 11 is 5.87. The van der Waals surface area contributed by atoms with Gasteiger partial charge in [-0.05, 0) is 44.0 Å². The molecule has 3 aromatic heterocycles. The van der Waals surface area contributed by atoms with Gasteiger partial charge in [-0.2, -0.15) is 13.2 Å². The maximum atomic E-state index is 14.8. The van der Waals surface area contributed by atoms with Crippen LogP contribution >= 0.6 is 11.6 Å². The normalized spacial score (nSPS) is 21.7. The van der Waals surface area contributed by atoms with Crippen LogP contribution in [0.25, 0.3) is 16.6 Å². The lowest BCUT2D eigenvalue weighted by molar-refractivity contribution is -0.140. The highest BCUT2D eigenvalue weighted by molar-refractivity contribution is 6.29. The van der Waals surface area contributed by atoms with Gasteiger partial charge in [0.15, 0.2) is 11.4 Å². The second-order valence-corrected chi connectivity index (χ2v) is 10.4. The van der Waals surface area contributed by atoms with E-state index < -0.39 is 29.6 Å². The van der Waals surface area contributed by atoms with Crippen LogP contribution in [0.1, 0.15) is 46.7 Å². The molecule has 2 unspecified atom stereocenters. The molecular formula is C25H21ClF4N6O2. The topological polar surface area (TPSA) is 95.6 Å². The van der Waals surface area contributed by atoms with Gasteiger partial charge in [0, 0.05) is 29.6 Å². The minimum absolute atomic E-state index is 0.0179. The molecule has 1 saturated heterocycles. The second-order valence-electron chi connectivity index (χ2n) is 10.00. The number of alkyl halides is 4. The van der Waals surface area contributed by atoms with Crippen LogP contribution in [0, 0.1) is 12.8 Å². The average molecular weight is 549 g/mol. The number of nitrogens with one attached hydrogen (secondary N) is 1. The van der Waals surface area contributed by atoms with Gasteiger partial charge >= 0.3 is 12.1 Å². The SMILES string of the molecule is Cc1cc([C@@H](C)Nc2ccc(Cl)nc2C(=O)O)c2nc(N3CC4CC4(F)C3)n3cc(C(F)(F)F)nc3c2c1. The van der Waals surface area contributed by atoms with Gasteiger partial charge < -0.3 is 15.3 Å². The number of hydrogen-bond acceptors (Lipinski definition) is 6. The molecule has 2 fully saturated rings. The standard InChI is InChI=1S/C25H21ClF4N6O2/c1-11-5-14(12(2)31-16-3-4-18(26)33-20(16)22(37)38)19-15(6-11)21-32-17(25(28,29)30)9-36(21)23(34-19)35-8-13-7-24(13,27)10-35/h3-6,9,12-13,31H,7-8,10H2,1-2H3,(H,37,38)/t12-,13?,24?/m1/s1. The third-order valence-electron chi connectivity index (χ3n) is 7.19. The largest absolute Gasteiger partial charge is 0.476 e. The number of halogens is 5. The van der Waals surface area contributed by atoms with Gasteiger partial charge in [0.1, 0.15) is 16.5 Å². The van der Waals surface area contributed by atoms with Crippen LogP contribution in [-0.2, 0) is 6.18 Å². The van der Waals surface area contributed by atoms with Crippen LogP contribution in [0.2, 0.25) is 5.15 Å². The van der Waals surface area contributed by atoms with E-state index in [4.69, 9.17) is 16.6 Å². The highest BCUT2D eigenvalue weighted by Crippen LogP contribution is 2.53. The summed E-state index contributed by atoms with van der Waals surface area (Å²) in [5.74, 6) is -1.27. The molecule has 13 heteroatoms. The molecule has 6 rings (SSSR count). The Balaban J connectivity index is 1.53.